The van der Waals surface area contributed by atoms with E-state index in [-0.39, 0.29) is 17.5 Å². The standard InChI is InChI=1S/C27H24N2O7/c1-34-19-13-18(14-20(15-19)35-2)28-24(30)16-36-27(33)23(12-17-8-4-3-5-9-17)29-25(31)21-10-6-7-11-22(21)26(29)32/h3-11,13-15,23H,12,16H2,1-2H3,(H,28,30). The maximum absolute atomic E-state index is 13.1. The Kier molecular flexibility index (Phi) is 7.29. The van der Waals surface area contributed by atoms with E-state index in [1.165, 1.54) is 26.4 Å². The molecule has 3 amide bonds. The van der Waals surface area contributed by atoms with Gasteiger partial charge in [0.25, 0.3) is 17.7 Å². The van der Waals surface area contributed by atoms with Crippen molar-refractivity contribution in [3.8, 4) is 11.5 Å². The highest BCUT2D eigenvalue weighted by atomic mass is 16.5. The second-order valence-corrected chi connectivity index (χ2v) is 7.99. The van der Waals surface area contributed by atoms with Crippen LogP contribution in [0.15, 0.2) is 72.8 Å². The van der Waals surface area contributed by atoms with Crippen LogP contribution in [0.5, 0.6) is 11.5 Å². The van der Waals surface area contributed by atoms with Crippen LogP contribution in [0.2, 0.25) is 0 Å². The minimum Gasteiger partial charge on any atom is -0.497 e. The van der Waals surface area contributed by atoms with Crippen LogP contribution in [0.25, 0.3) is 0 Å². The first-order valence-corrected chi connectivity index (χ1v) is 11.1. The quantitative estimate of drug-likeness (QED) is 0.364. The van der Waals surface area contributed by atoms with Gasteiger partial charge in [0, 0.05) is 30.3 Å². The molecule has 1 aliphatic rings. The SMILES string of the molecule is COc1cc(NC(=O)COC(=O)C(Cc2ccccc2)N2C(=O)c3ccccc3C2=O)cc(OC)c1. The van der Waals surface area contributed by atoms with Crippen molar-refractivity contribution >= 4 is 29.4 Å². The molecule has 184 valence electrons. The van der Waals surface area contributed by atoms with Crippen LogP contribution in [-0.2, 0) is 20.7 Å². The molecule has 1 heterocycles. The molecule has 1 atom stereocenters. The minimum absolute atomic E-state index is 0.0415. The van der Waals surface area contributed by atoms with Crippen LogP contribution in [0.4, 0.5) is 5.69 Å². The first kappa shape index (κ1) is 24.5. The molecule has 1 aliphatic heterocycles. The van der Waals surface area contributed by atoms with Gasteiger partial charge in [-0.2, -0.15) is 0 Å². The normalized spacial score (nSPS) is 13.1. The van der Waals surface area contributed by atoms with E-state index >= 15 is 0 Å². The van der Waals surface area contributed by atoms with Crippen molar-refractivity contribution in [3.05, 3.63) is 89.5 Å². The molecule has 0 bridgehead atoms. The number of imide groups is 1. The lowest BCUT2D eigenvalue weighted by Crippen LogP contribution is -2.47. The molecule has 0 radical (unpaired) electrons. The van der Waals surface area contributed by atoms with E-state index in [4.69, 9.17) is 14.2 Å². The number of hydrogen-bond acceptors (Lipinski definition) is 7. The maximum Gasteiger partial charge on any atom is 0.330 e. The number of nitrogens with zero attached hydrogens (tertiary/aromatic N) is 1. The number of anilines is 1. The lowest BCUT2D eigenvalue weighted by atomic mass is 10.0. The molecule has 0 aliphatic carbocycles. The van der Waals surface area contributed by atoms with Crippen LogP contribution in [0.3, 0.4) is 0 Å². The van der Waals surface area contributed by atoms with Gasteiger partial charge in [-0.1, -0.05) is 42.5 Å². The van der Waals surface area contributed by atoms with Crippen LogP contribution in [0, 0.1) is 0 Å². The van der Waals surface area contributed by atoms with Gasteiger partial charge in [-0.3, -0.25) is 19.3 Å². The third kappa shape index (κ3) is 5.20. The van der Waals surface area contributed by atoms with Gasteiger partial charge < -0.3 is 19.5 Å². The molecular formula is C27H24N2O7. The summed E-state index contributed by atoms with van der Waals surface area (Å²) >= 11 is 0. The number of rotatable bonds is 9. The number of ether oxygens (including phenoxy) is 3. The van der Waals surface area contributed by atoms with Gasteiger partial charge >= 0.3 is 5.97 Å². The zero-order valence-electron chi connectivity index (χ0n) is 19.7. The van der Waals surface area contributed by atoms with Crippen LogP contribution < -0.4 is 14.8 Å². The highest BCUT2D eigenvalue weighted by Gasteiger charge is 2.43. The predicted molar refractivity (Wildman–Crippen MR) is 130 cm³/mol. The van der Waals surface area contributed by atoms with E-state index < -0.39 is 36.3 Å². The minimum atomic E-state index is -1.25. The molecule has 0 aromatic heterocycles. The molecule has 0 saturated heterocycles. The average Bonchev–Trinajstić information content (AvgIpc) is 3.15. The predicted octanol–water partition coefficient (Wildman–Crippen LogP) is 3.09. The first-order chi connectivity index (χ1) is 17.4. The monoisotopic (exact) mass is 488 g/mol. The molecule has 3 aromatic rings. The number of methoxy groups -OCH3 is 2. The number of esters is 1. The van der Waals surface area contributed by atoms with E-state index in [1.807, 2.05) is 6.07 Å². The van der Waals surface area contributed by atoms with Crippen molar-refractivity contribution in [2.75, 3.05) is 26.1 Å². The van der Waals surface area contributed by atoms with Crippen LogP contribution >= 0.6 is 0 Å². The summed E-state index contributed by atoms with van der Waals surface area (Å²) in [5.41, 5.74) is 1.55. The van der Waals surface area contributed by atoms with Crippen LogP contribution in [-0.4, -0.2) is 55.5 Å². The van der Waals surface area contributed by atoms with Gasteiger partial charge in [-0.15, -0.1) is 0 Å². The number of benzene rings is 3. The summed E-state index contributed by atoms with van der Waals surface area (Å²) < 4.78 is 15.6. The summed E-state index contributed by atoms with van der Waals surface area (Å²) in [6.45, 7) is -0.618. The van der Waals surface area contributed by atoms with E-state index in [9.17, 15) is 19.2 Å². The van der Waals surface area contributed by atoms with E-state index in [0.29, 0.717) is 17.2 Å². The third-order valence-corrected chi connectivity index (χ3v) is 5.66. The van der Waals surface area contributed by atoms with Crippen molar-refractivity contribution < 1.29 is 33.4 Å². The lowest BCUT2D eigenvalue weighted by Gasteiger charge is -2.24. The zero-order chi connectivity index (χ0) is 25.7. The molecule has 1 unspecified atom stereocenters. The Morgan fingerprint density at radius 3 is 1.94 bits per heavy atom. The van der Waals surface area contributed by atoms with Crippen molar-refractivity contribution in [2.45, 2.75) is 12.5 Å². The Bertz CT molecular complexity index is 1250. The number of carbonyl (C=O) groups is 4. The Morgan fingerprint density at radius 1 is 0.833 bits per heavy atom. The number of nitrogens with one attached hydrogen (secondary N) is 1. The summed E-state index contributed by atoms with van der Waals surface area (Å²) in [4.78, 5) is 52.6. The fraction of sp³-hybridized carbons (Fsp3) is 0.185. The van der Waals surface area contributed by atoms with Gasteiger partial charge in [0.1, 0.15) is 17.5 Å². The zero-order valence-corrected chi connectivity index (χ0v) is 19.7. The largest absolute Gasteiger partial charge is 0.497 e. The van der Waals surface area contributed by atoms with Crippen LogP contribution in [0.1, 0.15) is 26.3 Å². The molecule has 0 fully saturated rings. The molecule has 3 aromatic carbocycles. The van der Waals surface area contributed by atoms with Gasteiger partial charge in [-0.05, 0) is 17.7 Å². The fourth-order valence-corrected chi connectivity index (χ4v) is 3.92. The summed E-state index contributed by atoms with van der Waals surface area (Å²) in [5, 5.41) is 2.61. The molecule has 4 rings (SSSR count). The Morgan fingerprint density at radius 2 is 1.39 bits per heavy atom. The number of carbonyl (C=O) groups excluding carboxylic acids is 4. The fourth-order valence-electron chi connectivity index (χ4n) is 3.92. The second kappa shape index (κ2) is 10.7. The maximum atomic E-state index is 13.1. The molecule has 1 N–H and O–H groups in total. The summed E-state index contributed by atoms with van der Waals surface area (Å²) in [5.74, 6) is -1.71. The molecule has 9 heteroatoms. The Labute approximate surface area is 207 Å². The van der Waals surface area contributed by atoms with Gasteiger partial charge in [0.05, 0.1) is 25.3 Å². The lowest BCUT2D eigenvalue weighted by molar-refractivity contribution is -0.151. The number of hydrogen-bond donors (Lipinski definition) is 1. The van der Waals surface area contributed by atoms with Gasteiger partial charge in [0.2, 0.25) is 0 Å². The van der Waals surface area contributed by atoms with Crippen molar-refractivity contribution in [1.29, 1.82) is 0 Å². The molecule has 0 spiro atoms. The van der Waals surface area contributed by atoms with Crippen molar-refractivity contribution in [1.82, 2.24) is 4.90 Å². The summed E-state index contributed by atoms with van der Waals surface area (Å²) in [7, 11) is 2.96. The van der Waals surface area contributed by atoms with E-state index in [2.05, 4.69) is 5.32 Å². The smallest absolute Gasteiger partial charge is 0.330 e. The second-order valence-electron chi connectivity index (χ2n) is 7.99. The highest BCUT2D eigenvalue weighted by molar-refractivity contribution is 6.22. The summed E-state index contributed by atoms with van der Waals surface area (Å²) in [6.07, 6.45) is 0.0415. The van der Waals surface area contributed by atoms with Gasteiger partial charge in [-0.25, -0.2) is 4.79 Å². The third-order valence-electron chi connectivity index (χ3n) is 5.66. The van der Waals surface area contributed by atoms with Crippen molar-refractivity contribution in [3.63, 3.8) is 0 Å². The summed E-state index contributed by atoms with van der Waals surface area (Å²) in [6, 6.07) is 18.9. The Hall–Kier alpha value is -4.66. The number of amides is 3. The Balaban J connectivity index is 1.50. The van der Waals surface area contributed by atoms with E-state index in [1.54, 1.807) is 54.6 Å². The molecule has 0 saturated carbocycles. The van der Waals surface area contributed by atoms with Gasteiger partial charge in [0.15, 0.2) is 6.61 Å². The average molecular weight is 488 g/mol. The topological polar surface area (TPSA) is 111 Å². The first-order valence-electron chi connectivity index (χ1n) is 11.1. The van der Waals surface area contributed by atoms with E-state index in [0.717, 1.165) is 10.5 Å². The molecule has 9 nitrogen and oxygen atoms in total. The molecule has 36 heavy (non-hydrogen) atoms. The van der Waals surface area contributed by atoms with Crippen molar-refractivity contribution in [2.24, 2.45) is 0 Å². The number of fused-ring (bicyclic) bond motifs is 1. The molecular weight excluding hydrogens is 464 g/mol. The highest BCUT2D eigenvalue weighted by Crippen LogP contribution is 2.27.